The van der Waals surface area contributed by atoms with Crippen LogP contribution < -0.4 is 0 Å². The molecule has 1 unspecified atom stereocenters. The van der Waals surface area contributed by atoms with E-state index in [9.17, 15) is 4.79 Å². The fourth-order valence-corrected chi connectivity index (χ4v) is 2.43. The van der Waals surface area contributed by atoms with Crippen LogP contribution in [0.15, 0.2) is 24.3 Å². The van der Waals surface area contributed by atoms with Gasteiger partial charge in [0.05, 0.1) is 5.60 Å². The molecule has 1 amide bonds. The molecule has 1 fully saturated rings. The van der Waals surface area contributed by atoms with Crippen molar-refractivity contribution in [3.63, 3.8) is 0 Å². The summed E-state index contributed by atoms with van der Waals surface area (Å²) in [6, 6.07) is 8.16. The number of nitrogens with zero attached hydrogens (tertiary/aromatic N) is 1. The number of amides is 1. The number of carbonyl (C=O) groups excluding carboxylic acids is 1. The van der Waals surface area contributed by atoms with Gasteiger partial charge in [-0.25, -0.2) is 0 Å². The molecule has 4 heteroatoms. The molecule has 1 aliphatic heterocycles. The predicted octanol–water partition coefficient (Wildman–Crippen LogP) is 1.49. The number of aryl methyl sites for hydroxylation is 1. The maximum Gasteiger partial charge on any atom is 0.248 e. The maximum absolute atomic E-state index is 11.9. The van der Waals surface area contributed by atoms with Crippen molar-refractivity contribution in [2.24, 2.45) is 0 Å². The number of hydrogen-bond acceptors (Lipinski definition) is 3. The van der Waals surface area contributed by atoms with Crippen molar-refractivity contribution in [1.82, 2.24) is 4.90 Å². The van der Waals surface area contributed by atoms with E-state index < -0.39 is 5.60 Å². The van der Waals surface area contributed by atoms with Gasteiger partial charge in [-0.15, -0.1) is 0 Å². The van der Waals surface area contributed by atoms with Gasteiger partial charge in [-0.2, -0.15) is 0 Å². The summed E-state index contributed by atoms with van der Waals surface area (Å²) in [4.78, 5) is 13.7. The normalized spacial score (nSPS) is 23.7. The van der Waals surface area contributed by atoms with E-state index in [0.29, 0.717) is 19.5 Å². The molecule has 0 spiro atoms. The van der Waals surface area contributed by atoms with Gasteiger partial charge in [0.1, 0.15) is 6.61 Å². The van der Waals surface area contributed by atoms with E-state index in [1.165, 1.54) is 5.56 Å². The fraction of sp³-hybridized carbons (Fsp3) is 0.533. The van der Waals surface area contributed by atoms with Crippen molar-refractivity contribution < 1.29 is 14.6 Å². The highest BCUT2D eigenvalue weighted by molar-refractivity contribution is 5.78. The van der Waals surface area contributed by atoms with Crippen LogP contribution in [-0.4, -0.2) is 41.3 Å². The summed E-state index contributed by atoms with van der Waals surface area (Å²) in [5.74, 6) is 0.0110. The minimum atomic E-state index is -0.438. The van der Waals surface area contributed by atoms with Gasteiger partial charge in [0.15, 0.2) is 0 Å². The number of benzene rings is 1. The van der Waals surface area contributed by atoms with Gasteiger partial charge >= 0.3 is 0 Å². The molecule has 0 aromatic heterocycles. The van der Waals surface area contributed by atoms with Crippen LogP contribution in [0.3, 0.4) is 0 Å². The molecule has 1 N–H and O–H groups in total. The van der Waals surface area contributed by atoms with Crippen LogP contribution in [0.5, 0.6) is 0 Å². The summed E-state index contributed by atoms with van der Waals surface area (Å²) in [5.41, 5.74) is 1.88. The number of ether oxygens (including phenoxy) is 1. The Balaban J connectivity index is 2.07. The molecule has 1 aromatic rings. The lowest BCUT2D eigenvalue weighted by Gasteiger charge is -2.40. The highest BCUT2D eigenvalue weighted by atomic mass is 16.5. The first-order chi connectivity index (χ1) is 9.02. The molecule has 1 aromatic carbocycles. The molecule has 0 aliphatic carbocycles. The Morgan fingerprint density at radius 3 is 2.95 bits per heavy atom. The van der Waals surface area contributed by atoms with E-state index in [4.69, 9.17) is 9.84 Å². The molecule has 104 valence electrons. The fourth-order valence-electron chi connectivity index (χ4n) is 2.43. The zero-order valence-electron chi connectivity index (χ0n) is 11.6. The summed E-state index contributed by atoms with van der Waals surface area (Å²) in [6.07, 6.45) is 0.546. The van der Waals surface area contributed by atoms with E-state index >= 15 is 0 Å². The van der Waals surface area contributed by atoms with E-state index in [-0.39, 0.29) is 19.1 Å². The molecule has 2 rings (SSSR count). The van der Waals surface area contributed by atoms with Crippen LogP contribution in [0.25, 0.3) is 0 Å². The third-order valence-electron chi connectivity index (χ3n) is 3.52. The quantitative estimate of drug-likeness (QED) is 0.895. The number of hydrogen-bond donors (Lipinski definition) is 1. The average molecular weight is 263 g/mol. The zero-order chi connectivity index (χ0) is 13.9. The Labute approximate surface area is 114 Å². The molecule has 0 bridgehead atoms. The van der Waals surface area contributed by atoms with Gasteiger partial charge in [-0.3, -0.25) is 4.79 Å². The van der Waals surface area contributed by atoms with Gasteiger partial charge in [-0.05, 0) is 19.4 Å². The Morgan fingerprint density at radius 1 is 1.47 bits per heavy atom. The van der Waals surface area contributed by atoms with Crippen molar-refractivity contribution in [3.05, 3.63) is 35.4 Å². The summed E-state index contributed by atoms with van der Waals surface area (Å²) in [5, 5.41) is 9.08. The monoisotopic (exact) mass is 263 g/mol. The lowest BCUT2D eigenvalue weighted by Crippen LogP contribution is -2.53. The highest BCUT2D eigenvalue weighted by Crippen LogP contribution is 2.23. The molecule has 1 atom stereocenters. The smallest absolute Gasteiger partial charge is 0.248 e. The highest BCUT2D eigenvalue weighted by Gasteiger charge is 2.35. The first-order valence-corrected chi connectivity index (χ1v) is 6.60. The van der Waals surface area contributed by atoms with Crippen molar-refractivity contribution in [2.45, 2.75) is 32.4 Å². The van der Waals surface area contributed by atoms with Crippen molar-refractivity contribution >= 4 is 5.91 Å². The van der Waals surface area contributed by atoms with Crippen molar-refractivity contribution in [3.8, 4) is 0 Å². The third-order valence-corrected chi connectivity index (χ3v) is 3.52. The number of carbonyl (C=O) groups is 1. The van der Waals surface area contributed by atoms with Crippen LogP contribution in [0.1, 0.15) is 24.5 Å². The molecule has 1 aliphatic rings. The van der Waals surface area contributed by atoms with E-state index in [1.54, 1.807) is 0 Å². The van der Waals surface area contributed by atoms with Crippen molar-refractivity contribution in [2.75, 3.05) is 19.8 Å². The molecule has 1 heterocycles. The number of aliphatic hydroxyl groups excluding tert-OH is 1. The summed E-state index contributed by atoms with van der Waals surface area (Å²) in [7, 11) is 0. The second kappa shape index (κ2) is 5.72. The molecule has 4 nitrogen and oxygen atoms in total. The molecular formula is C15H21NO3. The summed E-state index contributed by atoms with van der Waals surface area (Å²) >= 11 is 0. The largest absolute Gasteiger partial charge is 0.396 e. The number of rotatable bonds is 4. The second-order valence-corrected chi connectivity index (χ2v) is 5.45. The molecule has 0 saturated carbocycles. The van der Waals surface area contributed by atoms with Crippen LogP contribution in [0, 0.1) is 6.92 Å². The van der Waals surface area contributed by atoms with Gasteiger partial charge < -0.3 is 14.7 Å². The lowest BCUT2D eigenvalue weighted by molar-refractivity contribution is -0.164. The molecule has 19 heavy (non-hydrogen) atoms. The lowest BCUT2D eigenvalue weighted by atomic mass is 9.99. The Morgan fingerprint density at radius 2 is 2.26 bits per heavy atom. The Bertz CT molecular complexity index is 460. The van der Waals surface area contributed by atoms with Gasteiger partial charge in [0, 0.05) is 26.1 Å². The topological polar surface area (TPSA) is 49.8 Å². The van der Waals surface area contributed by atoms with Crippen LogP contribution >= 0.6 is 0 Å². The Kier molecular flexibility index (Phi) is 4.22. The zero-order valence-corrected chi connectivity index (χ0v) is 11.6. The van der Waals surface area contributed by atoms with Crippen LogP contribution in [0.4, 0.5) is 0 Å². The minimum absolute atomic E-state index is 0.0110. The van der Waals surface area contributed by atoms with Crippen LogP contribution in [0.2, 0.25) is 0 Å². The van der Waals surface area contributed by atoms with Gasteiger partial charge in [-0.1, -0.05) is 29.8 Å². The van der Waals surface area contributed by atoms with E-state index in [0.717, 1.165) is 5.56 Å². The van der Waals surface area contributed by atoms with Crippen molar-refractivity contribution in [1.29, 1.82) is 0 Å². The Hall–Kier alpha value is -1.39. The first-order valence-electron chi connectivity index (χ1n) is 6.60. The van der Waals surface area contributed by atoms with Gasteiger partial charge in [0.25, 0.3) is 0 Å². The number of aliphatic hydroxyl groups is 1. The third kappa shape index (κ3) is 3.55. The van der Waals surface area contributed by atoms with Gasteiger partial charge in [0.2, 0.25) is 5.91 Å². The number of morpholine rings is 1. The molecule has 1 saturated heterocycles. The SMILES string of the molecule is Cc1cccc(CN2CC(C)(CCO)OCC2=O)c1. The van der Waals surface area contributed by atoms with E-state index in [1.807, 2.05) is 36.9 Å². The minimum Gasteiger partial charge on any atom is -0.396 e. The second-order valence-electron chi connectivity index (χ2n) is 5.45. The van der Waals surface area contributed by atoms with E-state index in [2.05, 4.69) is 6.07 Å². The molecule has 0 radical (unpaired) electrons. The average Bonchev–Trinajstić information content (AvgIpc) is 2.34. The van der Waals surface area contributed by atoms with Crippen LogP contribution in [-0.2, 0) is 16.1 Å². The summed E-state index contributed by atoms with van der Waals surface area (Å²) < 4.78 is 5.56. The molecular weight excluding hydrogens is 242 g/mol. The summed E-state index contributed by atoms with van der Waals surface area (Å²) in [6.45, 7) is 5.29. The predicted molar refractivity (Wildman–Crippen MR) is 72.7 cm³/mol. The first kappa shape index (κ1) is 14.0. The standard InChI is InChI=1S/C15H21NO3/c1-12-4-3-5-13(8-12)9-16-11-15(2,6-7-17)19-10-14(16)18/h3-5,8,17H,6-7,9-11H2,1-2H3. The maximum atomic E-state index is 11.9.